The summed E-state index contributed by atoms with van der Waals surface area (Å²) in [6, 6.07) is 19.3. The lowest BCUT2D eigenvalue weighted by Crippen LogP contribution is -2.29. The topological polar surface area (TPSA) is 58.2 Å². The number of fused-ring (bicyclic) bond motifs is 3. The van der Waals surface area contributed by atoms with Gasteiger partial charge in [0.1, 0.15) is 5.82 Å². The lowest BCUT2D eigenvalue weighted by atomic mass is 9.77. The Kier molecular flexibility index (Phi) is 4.82. The van der Waals surface area contributed by atoms with Crippen molar-refractivity contribution in [3.63, 3.8) is 0 Å². The van der Waals surface area contributed by atoms with Crippen LogP contribution in [0.15, 0.2) is 83.8 Å². The fourth-order valence-electron chi connectivity index (χ4n) is 4.58. The monoisotopic (exact) mass is 434 g/mol. The van der Waals surface area contributed by atoms with Gasteiger partial charge in [-0.05, 0) is 72.9 Å². The summed E-state index contributed by atoms with van der Waals surface area (Å²) in [4.78, 5) is 0.199. The average Bonchev–Trinajstić information content (AvgIpc) is 3.25. The van der Waals surface area contributed by atoms with Gasteiger partial charge in [-0.2, -0.15) is 0 Å². The first-order valence-electron chi connectivity index (χ1n) is 10.3. The maximum Gasteiger partial charge on any atom is 0.261 e. The zero-order valence-electron chi connectivity index (χ0n) is 17.0. The molecule has 31 heavy (non-hydrogen) atoms. The van der Waals surface area contributed by atoms with Crippen LogP contribution in [0.5, 0.6) is 0 Å². The summed E-state index contributed by atoms with van der Waals surface area (Å²) < 4.78 is 41.6. The minimum atomic E-state index is -3.78. The van der Waals surface area contributed by atoms with Gasteiger partial charge in [0.2, 0.25) is 0 Å². The maximum atomic E-state index is 13.1. The molecule has 4 nitrogen and oxygen atoms in total. The van der Waals surface area contributed by atoms with Gasteiger partial charge in [-0.3, -0.25) is 4.72 Å². The summed E-state index contributed by atoms with van der Waals surface area (Å²) in [6.45, 7) is 2.08. The molecule has 158 valence electrons. The first-order valence-corrected chi connectivity index (χ1v) is 11.8. The summed E-state index contributed by atoms with van der Waals surface area (Å²) in [5.74, 6) is 0.0757. The fraction of sp³-hybridized carbons (Fsp3) is 0.200. The molecule has 0 saturated heterocycles. The summed E-state index contributed by atoms with van der Waals surface area (Å²) in [7, 11) is -3.78. The van der Waals surface area contributed by atoms with Crippen molar-refractivity contribution >= 4 is 21.4 Å². The molecule has 0 amide bonds. The molecule has 3 aromatic rings. The van der Waals surface area contributed by atoms with Crippen LogP contribution in [-0.4, -0.2) is 8.42 Å². The van der Waals surface area contributed by atoms with E-state index in [9.17, 15) is 12.8 Å². The Balaban J connectivity index is 1.48. The first-order chi connectivity index (χ1) is 14.9. The van der Waals surface area contributed by atoms with Gasteiger partial charge in [-0.25, -0.2) is 12.8 Å². The van der Waals surface area contributed by atoms with Crippen molar-refractivity contribution in [1.29, 1.82) is 0 Å². The molecule has 0 radical (unpaired) electrons. The Morgan fingerprint density at radius 3 is 2.48 bits per heavy atom. The number of halogens is 1. The van der Waals surface area contributed by atoms with Crippen molar-refractivity contribution < 1.29 is 12.8 Å². The van der Waals surface area contributed by atoms with E-state index in [1.807, 2.05) is 6.07 Å². The van der Waals surface area contributed by atoms with Crippen molar-refractivity contribution in [1.82, 2.24) is 0 Å². The van der Waals surface area contributed by atoms with Gasteiger partial charge in [-0.15, -0.1) is 0 Å². The van der Waals surface area contributed by atoms with E-state index in [0.717, 1.165) is 17.7 Å². The third-order valence-corrected chi connectivity index (χ3v) is 7.56. The van der Waals surface area contributed by atoms with E-state index in [2.05, 4.69) is 53.4 Å². The molecule has 1 aliphatic heterocycles. The Morgan fingerprint density at radius 2 is 1.74 bits per heavy atom. The molecule has 0 spiro atoms. The normalized spacial score (nSPS) is 21.8. The Morgan fingerprint density at radius 1 is 1.00 bits per heavy atom. The van der Waals surface area contributed by atoms with Crippen LogP contribution in [0, 0.1) is 18.7 Å². The molecule has 3 atom stereocenters. The van der Waals surface area contributed by atoms with Gasteiger partial charge in [0.05, 0.1) is 10.9 Å². The second-order valence-corrected chi connectivity index (χ2v) is 9.93. The molecule has 0 bridgehead atoms. The molecule has 2 N–H and O–H groups in total. The summed E-state index contributed by atoms with van der Waals surface area (Å²) >= 11 is 0. The van der Waals surface area contributed by atoms with Crippen molar-refractivity contribution in [2.75, 3.05) is 10.0 Å². The minimum Gasteiger partial charge on any atom is -0.378 e. The number of aryl methyl sites for hydroxylation is 1. The largest absolute Gasteiger partial charge is 0.378 e. The summed E-state index contributed by atoms with van der Waals surface area (Å²) in [6.07, 6.45) is 5.32. The van der Waals surface area contributed by atoms with Gasteiger partial charge in [0.25, 0.3) is 10.0 Å². The summed E-state index contributed by atoms with van der Waals surface area (Å²) in [5.41, 5.74) is 4.74. The van der Waals surface area contributed by atoms with Crippen molar-refractivity contribution in [2.24, 2.45) is 5.92 Å². The third-order valence-electron chi connectivity index (χ3n) is 6.18. The molecular formula is C25H23FN2O2S. The molecule has 5 rings (SSSR count). The van der Waals surface area contributed by atoms with Crippen LogP contribution in [0.25, 0.3) is 0 Å². The van der Waals surface area contributed by atoms with Gasteiger partial charge >= 0.3 is 0 Å². The number of rotatable bonds is 4. The quantitative estimate of drug-likeness (QED) is 0.513. The second-order valence-electron chi connectivity index (χ2n) is 8.25. The van der Waals surface area contributed by atoms with Crippen molar-refractivity contribution in [2.45, 2.75) is 30.2 Å². The molecule has 1 aliphatic carbocycles. The molecule has 1 heterocycles. The van der Waals surface area contributed by atoms with Crippen LogP contribution < -0.4 is 10.0 Å². The SMILES string of the molecule is Cc1ccc([C@H]2Nc3ccc(S(=O)(=O)Nc4ccc(F)cc4)cc3[C@H]3C=CC[C@H]32)cc1. The Hall–Kier alpha value is -3.12. The van der Waals surface area contributed by atoms with Gasteiger partial charge in [0.15, 0.2) is 0 Å². The molecule has 0 saturated carbocycles. The van der Waals surface area contributed by atoms with Crippen molar-refractivity contribution in [3.8, 4) is 0 Å². The zero-order chi connectivity index (χ0) is 21.6. The fourth-order valence-corrected chi connectivity index (χ4v) is 5.67. The van der Waals surface area contributed by atoms with Gasteiger partial charge < -0.3 is 5.32 Å². The highest BCUT2D eigenvalue weighted by Crippen LogP contribution is 2.50. The maximum absolute atomic E-state index is 13.1. The highest BCUT2D eigenvalue weighted by molar-refractivity contribution is 7.92. The standard InChI is InChI=1S/C25H23FN2O2S/c1-16-5-7-17(8-6-16)25-22-4-2-3-21(22)23-15-20(13-14-24(23)27-25)31(29,30)28-19-11-9-18(26)10-12-19/h2-3,5-15,21-22,25,27-28H,4H2,1H3/t21-,22+,25+/m0/s1. The van der Waals surface area contributed by atoms with E-state index in [1.54, 1.807) is 12.1 Å². The molecule has 3 aromatic carbocycles. The van der Waals surface area contributed by atoms with E-state index < -0.39 is 15.8 Å². The molecule has 6 heteroatoms. The van der Waals surface area contributed by atoms with E-state index in [4.69, 9.17) is 0 Å². The number of hydrogen-bond acceptors (Lipinski definition) is 3. The number of hydrogen-bond donors (Lipinski definition) is 2. The second kappa shape index (κ2) is 7.54. The number of anilines is 2. The molecule has 2 aliphatic rings. The molecule has 0 aromatic heterocycles. The first kappa shape index (κ1) is 19.8. The molecular weight excluding hydrogens is 411 g/mol. The summed E-state index contributed by atoms with van der Waals surface area (Å²) in [5, 5.41) is 3.64. The minimum absolute atomic E-state index is 0.156. The van der Waals surface area contributed by atoms with Gasteiger partial charge in [0, 0.05) is 17.3 Å². The average molecular weight is 435 g/mol. The Bertz CT molecular complexity index is 1250. The predicted molar refractivity (Wildman–Crippen MR) is 121 cm³/mol. The van der Waals surface area contributed by atoms with Crippen LogP contribution in [0.4, 0.5) is 15.8 Å². The third kappa shape index (κ3) is 3.72. The van der Waals surface area contributed by atoms with E-state index in [-0.39, 0.29) is 16.9 Å². The van der Waals surface area contributed by atoms with E-state index in [0.29, 0.717) is 11.6 Å². The van der Waals surface area contributed by atoms with Crippen LogP contribution in [0.3, 0.4) is 0 Å². The highest BCUT2D eigenvalue weighted by atomic mass is 32.2. The number of nitrogens with one attached hydrogen (secondary N) is 2. The van der Waals surface area contributed by atoms with E-state index in [1.165, 1.54) is 35.4 Å². The van der Waals surface area contributed by atoms with Crippen LogP contribution in [0.1, 0.15) is 35.1 Å². The number of benzene rings is 3. The van der Waals surface area contributed by atoms with Crippen LogP contribution in [0.2, 0.25) is 0 Å². The molecule has 0 unspecified atom stereocenters. The van der Waals surface area contributed by atoms with E-state index >= 15 is 0 Å². The number of allylic oxidation sites excluding steroid dienone is 2. The van der Waals surface area contributed by atoms with Crippen LogP contribution >= 0.6 is 0 Å². The smallest absolute Gasteiger partial charge is 0.261 e. The van der Waals surface area contributed by atoms with Crippen LogP contribution in [-0.2, 0) is 10.0 Å². The Labute approximate surface area is 181 Å². The number of sulfonamides is 1. The predicted octanol–water partition coefficient (Wildman–Crippen LogP) is 5.76. The van der Waals surface area contributed by atoms with Gasteiger partial charge in [-0.1, -0.05) is 42.0 Å². The lowest BCUT2D eigenvalue weighted by Gasteiger charge is -2.37. The van der Waals surface area contributed by atoms with Crippen molar-refractivity contribution in [3.05, 3.63) is 101 Å². The molecule has 0 fully saturated rings. The zero-order valence-corrected chi connectivity index (χ0v) is 17.9. The highest BCUT2D eigenvalue weighted by Gasteiger charge is 2.38. The lowest BCUT2D eigenvalue weighted by molar-refractivity contribution is 0.425.